The average Bonchev–Trinajstić information content (AvgIpc) is 3.38. The first-order valence-electron chi connectivity index (χ1n) is 9.64. The monoisotopic (exact) mass is 394 g/mol. The third-order valence-electron chi connectivity index (χ3n) is 5.61. The van der Waals surface area contributed by atoms with Gasteiger partial charge in [-0.05, 0) is 37.5 Å². The van der Waals surface area contributed by atoms with Crippen LogP contribution < -0.4 is 5.32 Å². The van der Waals surface area contributed by atoms with Crippen LogP contribution >= 0.6 is 11.6 Å². The van der Waals surface area contributed by atoms with Gasteiger partial charge in [0.25, 0.3) is 0 Å². The molecule has 1 aliphatic carbocycles. The molecule has 144 valence electrons. The Morgan fingerprint density at radius 3 is 2.46 bits per heavy atom. The number of carbonyl (C=O) groups excluding carboxylic acids is 1. The highest BCUT2D eigenvalue weighted by Gasteiger charge is 2.42. The molecule has 0 saturated heterocycles. The Hall–Kier alpha value is -2.59. The lowest BCUT2D eigenvalue weighted by Crippen LogP contribution is -2.42. The zero-order chi connectivity index (χ0) is 19.6. The number of halogens is 1. The lowest BCUT2D eigenvalue weighted by molar-refractivity contribution is -0.126. The molecule has 0 aliphatic heterocycles. The fraction of sp³-hybridized carbons (Fsp3) is 0.304. The van der Waals surface area contributed by atoms with Gasteiger partial charge in [-0.15, -0.1) is 0 Å². The van der Waals surface area contributed by atoms with Crippen molar-refractivity contribution >= 4 is 17.5 Å². The minimum Gasteiger partial charge on any atom is -0.356 e. The summed E-state index contributed by atoms with van der Waals surface area (Å²) in [6.45, 7) is 2.40. The Labute approximate surface area is 169 Å². The van der Waals surface area contributed by atoms with Gasteiger partial charge in [0.15, 0.2) is 5.76 Å². The number of nitrogens with zero attached hydrogens (tertiary/aromatic N) is 1. The van der Waals surface area contributed by atoms with Gasteiger partial charge in [-0.25, -0.2) is 0 Å². The van der Waals surface area contributed by atoms with E-state index < -0.39 is 5.41 Å². The van der Waals surface area contributed by atoms with Crippen molar-refractivity contribution in [3.63, 3.8) is 0 Å². The molecule has 1 aromatic heterocycles. The van der Waals surface area contributed by atoms with Crippen LogP contribution in [-0.4, -0.2) is 11.1 Å². The number of hydrogen-bond donors (Lipinski definition) is 1. The van der Waals surface area contributed by atoms with E-state index in [1.807, 2.05) is 61.5 Å². The summed E-state index contributed by atoms with van der Waals surface area (Å²) in [5, 5.41) is 7.87. The summed E-state index contributed by atoms with van der Waals surface area (Å²) in [7, 11) is 0. The van der Waals surface area contributed by atoms with Crippen molar-refractivity contribution in [2.24, 2.45) is 0 Å². The van der Waals surface area contributed by atoms with Gasteiger partial charge < -0.3 is 9.84 Å². The van der Waals surface area contributed by atoms with Crippen molar-refractivity contribution in [1.29, 1.82) is 0 Å². The fourth-order valence-corrected chi connectivity index (χ4v) is 4.11. The van der Waals surface area contributed by atoms with E-state index in [2.05, 4.69) is 10.5 Å². The summed E-state index contributed by atoms with van der Waals surface area (Å²) >= 11 is 6.03. The number of amides is 1. The molecule has 0 bridgehead atoms. The highest BCUT2D eigenvalue weighted by Crippen LogP contribution is 2.41. The number of rotatable bonds is 5. The summed E-state index contributed by atoms with van der Waals surface area (Å²) < 4.78 is 5.46. The quantitative estimate of drug-likeness (QED) is 0.627. The molecule has 1 saturated carbocycles. The second-order valence-electron chi connectivity index (χ2n) is 7.53. The van der Waals surface area contributed by atoms with E-state index in [4.69, 9.17) is 16.1 Å². The Morgan fingerprint density at radius 1 is 1.11 bits per heavy atom. The Bertz CT molecular complexity index is 955. The highest BCUT2D eigenvalue weighted by atomic mass is 35.5. The van der Waals surface area contributed by atoms with E-state index >= 15 is 0 Å². The van der Waals surface area contributed by atoms with Gasteiger partial charge in [-0.2, -0.15) is 0 Å². The minimum absolute atomic E-state index is 0.0483. The molecule has 1 aliphatic rings. The van der Waals surface area contributed by atoms with Crippen LogP contribution in [0.2, 0.25) is 5.02 Å². The molecule has 0 radical (unpaired) electrons. The molecular weight excluding hydrogens is 372 g/mol. The van der Waals surface area contributed by atoms with Gasteiger partial charge in [-0.1, -0.05) is 71.6 Å². The number of aromatic nitrogens is 1. The van der Waals surface area contributed by atoms with Crippen LogP contribution in [0.3, 0.4) is 0 Å². The van der Waals surface area contributed by atoms with Crippen molar-refractivity contribution in [2.45, 2.75) is 44.6 Å². The van der Waals surface area contributed by atoms with Crippen LogP contribution in [0.1, 0.15) is 42.5 Å². The lowest BCUT2D eigenvalue weighted by atomic mass is 9.78. The smallest absolute Gasteiger partial charge is 0.230 e. The third kappa shape index (κ3) is 3.69. The molecule has 2 aromatic carbocycles. The number of hydrogen-bond acceptors (Lipinski definition) is 3. The first-order chi connectivity index (χ1) is 13.6. The van der Waals surface area contributed by atoms with Crippen molar-refractivity contribution in [3.8, 4) is 11.3 Å². The van der Waals surface area contributed by atoms with E-state index in [-0.39, 0.29) is 5.91 Å². The van der Waals surface area contributed by atoms with Crippen LogP contribution in [0.5, 0.6) is 0 Å². The second-order valence-corrected chi connectivity index (χ2v) is 7.96. The largest absolute Gasteiger partial charge is 0.356 e. The van der Waals surface area contributed by atoms with Gasteiger partial charge in [0.1, 0.15) is 5.69 Å². The predicted octanol–water partition coefficient (Wildman–Crippen LogP) is 5.43. The molecule has 4 rings (SSSR count). The molecule has 1 amide bonds. The molecule has 4 nitrogen and oxygen atoms in total. The standard InChI is InChI=1S/C23H23ClN2O2/c1-16-4-6-17(7-5-16)21-14-20(26-28-21)15-25-22(27)23(12-2-3-13-23)18-8-10-19(24)11-9-18/h4-11,14H,2-3,12-13,15H2,1H3,(H,25,27). The Morgan fingerprint density at radius 2 is 1.79 bits per heavy atom. The molecule has 0 unspecified atom stereocenters. The summed E-state index contributed by atoms with van der Waals surface area (Å²) in [6.07, 6.45) is 3.82. The molecular formula is C23H23ClN2O2. The topological polar surface area (TPSA) is 55.1 Å². The number of aryl methyl sites for hydroxylation is 1. The first-order valence-corrected chi connectivity index (χ1v) is 10.0. The van der Waals surface area contributed by atoms with Gasteiger partial charge >= 0.3 is 0 Å². The zero-order valence-electron chi connectivity index (χ0n) is 15.9. The first kappa shape index (κ1) is 18.8. The average molecular weight is 395 g/mol. The number of carbonyl (C=O) groups is 1. The predicted molar refractivity (Wildman–Crippen MR) is 110 cm³/mol. The number of benzene rings is 2. The molecule has 0 atom stereocenters. The van der Waals surface area contributed by atoms with Crippen LogP contribution in [-0.2, 0) is 16.8 Å². The maximum atomic E-state index is 13.1. The molecule has 1 fully saturated rings. The molecule has 1 N–H and O–H groups in total. The van der Waals surface area contributed by atoms with Gasteiger partial charge in [0.05, 0.1) is 12.0 Å². The SMILES string of the molecule is Cc1ccc(-c2cc(CNC(=O)C3(c4ccc(Cl)cc4)CCCC3)no2)cc1. The molecule has 28 heavy (non-hydrogen) atoms. The Kier molecular flexibility index (Phi) is 5.23. The van der Waals surface area contributed by atoms with E-state index in [9.17, 15) is 4.79 Å². The van der Waals surface area contributed by atoms with Gasteiger partial charge in [-0.3, -0.25) is 4.79 Å². The van der Waals surface area contributed by atoms with E-state index in [1.165, 1.54) is 5.56 Å². The minimum atomic E-state index is -0.478. The molecule has 5 heteroatoms. The van der Waals surface area contributed by atoms with E-state index in [0.29, 0.717) is 23.0 Å². The van der Waals surface area contributed by atoms with Crippen LogP contribution in [0.15, 0.2) is 59.1 Å². The molecule has 1 heterocycles. The lowest BCUT2D eigenvalue weighted by Gasteiger charge is -2.28. The summed E-state index contributed by atoms with van der Waals surface area (Å²) in [5.41, 5.74) is 3.44. The van der Waals surface area contributed by atoms with E-state index in [0.717, 1.165) is 36.8 Å². The van der Waals surface area contributed by atoms with Crippen LogP contribution in [0.25, 0.3) is 11.3 Å². The van der Waals surface area contributed by atoms with Crippen LogP contribution in [0.4, 0.5) is 0 Å². The molecule has 0 spiro atoms. The normalized spacial score (nSPS) is 15.5. The van der Waals surface area contributed by atoms with E-state index in [1.54, 1.807) is 0 Å². The van der Waals surface area contributed by atoms with Crippen molar-refractivity contribution < 1.29 is 9.32 Å². The van der Waals surface area contributed by atoms with Crippen LogP contribution in [0, 0.1) is 6.92 Å². The second kappa shape index (κ2) is 7.80. The third-order valence-corrected chi connectivity index (χ3v) is 5.87. The highest BCUT2D eigenvalue weighted by molar-refractivity contribution is 6.30. The maximum absolute atomic E-state index is 13.1. The number of nitrogens with one attached hydrogen (secondary N) is 1. The Balaban J connectivity index is 1.47. The zero-order valence-corrected chi connectivity index (χ0v) is 16.6. The summed E-state index contributed by atoms with van der Waals surface area (Å²) in [4.78, 5) is 13.1. The van der Waals surface area contributed by atoms with Crippen molar-refractivity contribution in [1.82, 2.24) is 10.5 Å². The summed E-state index contributed by atoms with van der Waals surface area (Å²) in [5.74, 6) is 0.754. The van der Waals surface area contributed by atoms with Gasteiger partial charge in [0.2, 0.25) is 5.91 Å². The molecule has 3 aromatic rings. The van der Waals surface area contributed by atoms with Crippen molar-refractivity contribution in [3.05, 3.63) is 76.4 Å². The van der Waals surface area contributed by atoms with Gasteiger partial charge in [0, 0.05) is 16.7 Å². The summed E-state index contributed by atoms with van der Waals surface area (Å²) in [6, 6.07) is 17.6. The maximum Gasteiger partial charge on any atom is 0.230 e. The van der Waals surface area contributed by atoms with Crippen molar-refractivity contribution in [2.75, 3.05) is 0 Å². The fourth-order valence-electron chi connectivity index (χ4n) is 3.98.